The van der Waals surface area contributed by atoms with Crippen molar-refractivity contribution < 1.29 is 23.5 Å². The van der Waals surface area contributed by atoms with Crippen molar-refractivity contribution in [1.82, 2.24) is 0 Å². The molecule has 1 aromatic rings. The summed E-state index contributed by atoms with van der Waals surface area (Å²) in [5, 5.41) is 8.50. The van der Waals surface area contributed by atoms with E-state index in [4.69, 9.17) is 5.11 Å². The summed E-state index contributed by atoms with van der Waals surface area (Å²) in [6.07, 6.45) is 0.225. The van der Waals surface area contributed by atoms with Gasteiger partial charge >= 0.3 is 5.97 Å². The molecule has 0 aliphatic heterocycles. The van der Waals surface area contributed by atoms with Crippen molar-refractivity contribution in [2.24, 2.45) is 0 Å². The monoisotopic (exact) mass is 210 g/mol. The number of carbonyl (C=O) groups excluding carboxylic acids is 1. The van der Waals surface area contributed by atoms with E-state index in [1.165, 1.54) is 0 Å². The zero-order valence-electron chi connectivity index (χ0n) is 7.25. The van der Waals surface area contributed by atoms with Gasteiger partial charge in [0.1, 0.15) is 11.4 Å². The highest BCUT2D eigenvalue weighted by Gasteiger charge is 2.18. The van der Waals surface area contributed by atoms with Crippen LogP contribution in [-0.4, -0.2) is 17.4 Å². The molecule has 76 valence electrons. The average Bonchev–Trinajstić information content (AvgIpc) is 2.16. The van der Waals surface area contributed by atoms with Gasteiger partial charge in [0.05, 0.1) is 5.56 Å². The smallest absolute Gasteiger partial charge is 0.341 e. The molecule has 0 spiro atoms. The Hall–Kier alpha value is -2.22. The Kier molecular flexibility index (Phi) is 3.13. The molecule has 0 heterocycles. The third kappa shape index (κ3) is 2.17. The Morgan fingerprint density at radius 3 is 2.60 bits per heavy atom. The first-order chi connectivity index (χ1) is 7.07. The summed E-state index contributed by atoms with van der Waals surface area (Å²) < 4.78 is 26.1. The van der Waals surface area contributed by atoms with E-state index in [0.29, 0.717) is 0 Å². The van der Waals surface area contributed by atoms with Gasteiger partial charge in [0.25, 0.3) is 0 Å². The summed E-state index contributed by atoms with van der Waals surface area (Å²) in [5.41, 5.74) is -1.41. The fourth-order valence-electron chi connectivity index (χ4n) is 0.952. The van der Waals surface area contributed by atoms with Crippen molar-refractivity contribution in [2.75, 3.05) is 0 Å². The Morgan fingerprint density at radius 1 is 1.40 bits per heavy atom. The van der Waals surface area contributed by atoms with Crippen LogP contribution in [0.25, 0.3) is 0 Å². The number of carboxylic acid groups (broad SMARTS) is 1. The van der Waals surface area contributed by atoms with E-state index in [9.17, 15) is 18.4 Å². The van der Waals surface area contributed by atoms with E-state index in [2.05, 4.69) is 5.92 Å². The minimum Gasteiger partial charge on any atom is -0.477 e. The summed E-state index contributed by atoms with van der Waals surface area (Å²) in [6.45, 7) is 0. The molecule has 1 rings (SSSR count). The summed E-state index contributed by atoms with van der Waals surface area (Å²) in [7, 11) is 0. The van der Waals surface area contributed by atoms with Crippen molar-refractivity contribution in [1.29, 1.82) is 0 Å². The molecule has 1 aromatic carbocycles. The summed E-state index contributed by atoms with van der Waals surface area (Å²) in [6, 6.07) is 1.74. The lowest BCUT2D eigenvalue weighted by Gasteiger charge is -2.00. The maximum Gasteiger partial charge on any atom is 0.341 e. The molecule has 0 fully saturated rings. The molecule has 0 aromatic heterocycles. The number of hydrogen-bond donors (Lipinski definition) is 1. The lowest BCUT2D eigenvalue weighted by atomic mass is 10.1. The van der Waals surface area contributed by atoms with Crippen LogP contribution in [0.4, 0.5) is 8.78 Å². The third-order valence-electron chi connectivity index (χ3n) is 1.57. The lowest BCUT2D eigenvalue weighted by Crippen LogP contribution is -2.06. The molecule has 0 radical (unpaired) electrons. The maximum atomic E-state index is 13.3. The number of carboxylic acids is 1. The zero-order chi connectivity index (χ0) is 11.4. The van der Waals surface area contributed by atoms with Gasteiger partial charge in [-0.05, 0) is 18.1 Å². The molecule has 0 saturated carbocycles. The summed E-state index contributed by atoms with van der Waals surface area (Å²) in [4.78, 5) is 20.4. The Balaban J connectivity index is 3.41. The fourth-order valence-corrected chi connectivity index (χ4v) is 0.952. The molecule has 0 bridgehead atoms. The molecule has 0 saturated heterocycles. The van der Waals surface area contributed by atoms with Gasteiger partial charge in [0.2, 0.25) is 0 Å². The molecule has 3 nitrogen and oxygen atoms in total. The van der Waals surface area contributed by atoms with E-state index >= 15 is 0 Å². The second kappa shape index (κ2) is 4.33. The van der Waals surface area contributed by atoms with Gasteiger partial charge in [-0.25, -0.2) is 13.6 Å². The highest BCUT2D eigenvalue weighted by Crippen LogP contribution is 2.16. The molecule has 0 unspecified atom stereocenters. The first kappa shape index (κ1) is 10.9. The van der Waals surface area contributed by atoms with Crippen molar-refractivity contribution in [3.05, 3.63) is 34.9 Å². The first-order valence-corrected chi connectivity index (χ1v) is 3.74. The number of carbonyl (C=O) groups is 2. The highest BCUT2D eigenvalue weighted by atomic mass is 19.1. The molecular weight excluding hydrogens is 206 g/mol. The van der Waals surface area contributed by atoms with Gasteiger partial charge in [-0.1, -0.05) is 5.92 Å². The Morgan fingerprint density at radius 2 is 2.07 bits per heavy atom. The Labute approximate surface area is 83.3 Å². The number of aromatic carboxylic acids is 1. The van der Waals surface area contributed by atoms with Crippen molar-refractivity contribution in [3.8, 4) is 11.8 Å². The normalized spacial score (nSPS) is 8.93. The molecule has 1 N–H and O–H groups in total. The van der Waals surface area contributed by atoms with E-state index in [-0.39, 0.29) is 11.8 Å². The third-order valence-corrected chi connectivity index (χ3v) is 1.57. The summed E-state index contributed by atoms with van der Waals surface area (Å²) in [5.74, 6) is -0.220. The second-order valence-corrected chi connectivity index (χ2v) is 2.48. The molecule has 5 heteroatoms. The van der Waals surface area contributed by atoms with Crippen LogP contribution < -0.4 is 0 Å². The standard InChI is InChI=1S/C10H4F2O3/c11-7-4-3-6(2-1-5-13)9(12)8(7)10(14)15/h3-5H,(H,14,15). The average molecular weight is 210 g/mol. The van der Waals surface area contributed by atoms with Crippen LogP contribution in [0.1, 0.15) is 15.9 Å². The number of aldehydes is 1. The van der Waals surface area contributed by atoms with Gasteiger partial charge in [-0.15, -0.1) is 0 Å². The molecule has 0 aliphatic rings. The van der Waals surface area contributed by atoms with Crippen LogP contribution in [0, 0.1) is 23.5 Å². The van der Waals surface area contributed by atoms with Gasteiger partial charge in [0.15, 0.2) is 12.1 Å². The largest absolute Gasteiger partial charge is 0.477 e. The number of benzene rings is 1. The van der Waals surface area contributed by atoms with Crippen molar-refractivity contribution >= 4 is 12.3 Å². The quantitative estimate of drug-likeness (QED) is 0.560. The van der Waals surface area contributed by atoms with Crippen LogP contribution >= 0.6 is 0 Å². The molecule has 0 atom stereocenters. The van der Waals surface area contributed by atoms with E-state index in [0.717, 1.165) is 12.1 Å². The van der Waals surface area contributed by atoms with Crippen LogP contribution in [0.5, 0.6) is 0 Å². The van der Waals surface area contributed by atoms with E-state index in [1.807, 2.05) is 5.92 Å². The topological polar surface area (TPSA) is 54.4 Å². The minimum absolute atomic E-state index is 0.225. The zero-order valence-corrected chi connectivity index (χ0v) is 7.25. The maximum absolute atomic E-state index is 13.3. The van der Waals surface area contributed by atoms with Crippen molar-refractivity contribution in [3.63, 3.8) is 0 Å². The number of hydrogen-bond acceptors (Lipinski definition) is 2. The minimum atomic E-state index is -1.72. The molecule has 0 aliphatic carbocycles. The molecular formula is C10H4F2O3. The highest BCUT2D eigenvalue weighted by molar-refractivity contribution is 5.89. The van der Waals surface area contributed by atoms with Gasteiger partial charge in [0, 0.05) is 0 Å². The first-order valence-electron chi connectivity index (χ1n) is 3.74. The van der Waals surface area contributed by atoms with Gasteiger partial charge in [-0.2, -0.15) is 0 Å². The van der Waals surface area contributed by atoms with Crippen LogP contribution in [-0.2, 0) is 4.79 Å². The Bertz CT molecular complexity index is 483. The van der Waals surface area contributed by atoms with Crippen LogP contribution in [0.3, 0.4) is 0 Å². The SMILES string of the molecule is O=CC#Cc1ccc(F)c(C(=O)O)c1F. The molecule has 15 heavy (non-hydrogen) atoms. The predicted octanol–water partition coefficient (Wildman–Crippen LogP) is 1.21. The van der Waals surface area contributed by atoms with Crippen LogP contribution in [0.15, 0.2) is 12.1 Å². The van der Waals surface area contributed by atoms with Crippen LogP contribution in [0.2, 0.25) is 0 Å². The number of rotatable bonds is 1. The molecule has 0 amide bonds. The van der Waals surface area contributed by atoms with Gasteiger partial charge < -0.3 is 5.11 Å². The van der Waals surface area contributed by atoms with Crippen molar-refractivity contribution in [2.45, 2.75) is 0 Å². The lowest BCUT2D eigenvalue weighted by molar-refractivity contribution is -0.103. The number of halogens is 2. The fraction of sp³-hybridized carbons (Fsp3) is 0. The van der Waals surface area contributed by atoms with E-state index in [1.54, 1.807) is 0 Å². The second-order valence-electron chi connectivity index (χ2n) is 2.48. The van der Waals surface area contributed by atoms with Gasteiger partial charge in [-0.3, -0.25) is 4.79 Å². The summed E-state index contributed by atoms with van der Waals surface area (Å²) >= 11 is 0. The van der Waals surface area contributed by atoms with E-state index < -0.39 is 23.2 Å². The predicted molar refractivity (Wildman–Crippen MR) is 46.3 cm³/mol.